The summed E-state index contributed by atoms with van der Waals surface area (Å²) in [5, 5.41) is 32.7. The van der Waals surface area contributed by atoms with E-state index < -0.39 is 23.8 Å². The third kappa shape index (κ3) is 6.04. The fraction of sp³-hybridized carbons (Fsp3) is 0.250. The fourth-order valence-electron chi connectivity index (χ4n) is 4.37. The maximum Gasteiger partial charge on any atom is 0.336 e. The first-order chi connectivity index (χ1) is 18.7. The maximum atomic E-state index is 13.3. The molecule has 0 radical (unpaired) electrons. The molecule has 7 N–H and O–H groups in total. The van der Waals surface area contributed by atoms with Crippen LogP contribution in [0.3, 0.4) is 0 Å². The lowest BCUT2D eigenvalue weighted by atomic mass is 9.80. The van der Waals surface area contributed by atoms with E-state index in [0.717, 1.165) is 19.3 Å². The monoisotopic (exact) mass is 531 g/mol. The van der Waals surface area contributed by atoms with Crippen LogP contribution in [0.15, 0.2) is 54.6 Å². The Labute approximate surface area is 224 Å². The number of benzene rings is 2. The summed E-state index contributed by atoms with van der Waals surface area (Å²) in [4.78, 5) is 42.7. The topological polar surface area (TPSA) is 188 Å². The van der Waals surface area contributed by atoms with E-state index in [0.29, 0.717) is 11.3 Å². The van der Waals surface area contributed by atoms with E-state index in [2.05, 4.69) is 15.6 Å². The molecule has 202 valence electrons. The number of ether oxygens (including phenoxy) is 1. The number of carboxylic acid groups (broad SMARTS) is 1. The van der Waals surface area contributed by atoms with Crippen LogP contribution in [0.1, 0.15) is 56.0 Å². The molecule has 3 aromatic rings. The second-order valence-electron chi connectivity index (χ2n) is 9.21. The number of pyridine rings is 1. The smallest absolute Gasteiger partial charge is 0.336 e. The molecule has 2 aromatic carbocycles. The Bertz CT molecular complexity index is 1420. The largest absolute Gasteiger partial charge is 0.481 e. The van der Waals surface area contributed by atoms with Gasteiger partial charge in [0.15, 0.2) is 0 Å². The number of nitrogens with one attached hydrogen (secondary N) is 3. The van der Waals surface area contributed by atoms with E-state index in [-0.39, 0.29) is 52.2 Å². The number of anilines is 1. The van der Waals surface area contributed by atoms with E-state index in [9.17, 15) is 24.6 Å². The Morgan fingerprint density at radius 1 is 1.05 bits per heavy atom. The number of aliphatic hydroxyl groups excluding tert-OH is 1. The number of aliphatic hydroxyl groups is 1. The van der Waals surface area contributed by atoms with E-state index in [1.54, 1.807) is 24.3 Å². The normalized spacial score (nSPS) is 13.6. The van der Waals surface area contributed by atoms with Crippen molar-refractivity contribution >= 4 is 29.3 Å². The Morgan fingerprint density at radius 2 is 1.72 bits per heavy atom. The molecule has 1 aliphatic carbocycles. The van der Waals surface area contributed by atoms with Gasteiger partial charge in [0.1, 0.15) is 11.5 Å². The van der Waals surface area contributed by atoms with Crippen molar-refractivity contribution in [2.75, 3.05) is 19.0 Å². The van der Waals surface area contributed by atoms with Gasteiger partial charge in [-0.3, -0.25) is 15.0 Å². The molecule has 2 amide bonds. The molecule has 1 unspecified atom stereocenters. The van der Waals surface area contributed by atoms with Gasteiger partial charge < -0.3 is 31.3 Å². The van der Waals surface area contributed by atoms with Crippen LogP contribution in [0.25, 0.3) is 11.1 Å². The second-order valence-corrected chi connectivity index (χ2v) is 9.21. The standard InChI is InChI=1S/C28H29N5O6/c1-39-23-12-11-20(24(33-23)27(36)31-18-8-5-16(6-9-18)25(29)30)19-10-7-17(13-21(19)28(37)38)26(35)32-22(14-34)15-3-2-4-15/h5-13,15,22,34H,2-4,14H2,1H3,(H3,29,30)(H,31,36)(H,32,35)(H,37,38). The van der Waals surface area contributed by atoms with Crippen molar-refractivity contribution in [2.45, 2.75) is 25.3 Å². The van der Waals surface area contributed by atoms with Crippen LogP contribution >= 0.6 is 0 Å². The minimum Gasteiger partial charge on any atom is -0.481 e. The van der Waals surface area contributed by atoms with Crippen LogP contribution in [-0.2, 0) is 0 Å². The minimum atomic E-state index is -1.29. The summed E-state index contributed by atoms with van der Waals surface area (Å²) in [6.45, 7) is -0.201. The molecule has 1 atom stereocenters. The van der Waals surface area contributed by atoms with Gasteiger partial charge in [-0.1, -0.05) is 12.5 Å². The molecule has 1 aromatic heterocycles. The molecule has 0 bridgehead atoms. The number of amidine groups is 1. The molecule has 1 aliphatic rings. The van der Waals surface area contributed by atoms with Crippen LogP contribution in [0.4, 0.5) is 5.69 Å². The summed E-state index contributed by atoms with van der Waals surface area (Å²) in [6.07, 6.45) is 2.88. The molecule has 11 nitrogen and oxygen atoms in total. The number of aromatic nitrogens is 1. The molecule has 1 fully saturated rings. The first-order valence-corrected chi connectivity index (χ1v) is 12.3. The van der Waals surface area contributed by atoms with Crippen molar-refractivity contribution in [3.8, 4) is 17.0 Å². The Balaban J connectivity index is 1.67. The number of methoxy groups -OCH3 is 1. The number of rotatable bonds is 10. The van der Waals surface area contributed by atoms with E-state index in [4.69, 9.17) is 15.9 Å². The predicted octanol–water partition coefficient (Wildman–Crippen LogP) is 2.88. The molecule has 1 heterocycles. The van der Waals surface area contributed by atoms with Gasteiger partial charge in [0, 0.05) is 28.4 Å². The van der Waals surface area contributed by atoms with Gasteiger partial charge in [-0.2, -0.15) is 0 Å². The van der Waals surface area contributed by atoms with Gasteiger partial charge in [-0.25, -0.2) is 9.78 Å². The number of nitrogen functional groups attached to an aromatic ring is 1. The number of nitrogens with two attached hydrogens (primary N) is 1. The Kier molecular flexibility index (Phi) is 8.21. The fourth-order valence-corrected chi connectivity index (χ4v) is 4.37. The van der Waals surface area contributed by atoms with Gasteiger partial charge in [0.2, 0.25) is 5.88 Å². The lowest BCUT2D eigenvalue weighted by Crippen LogP contribution is -2.45. The maximum absolute atomic E-state index is 13.3. The average Bonchev–Trinajstić information content (AvgIpc) is 2.91. The number of amides is 2. The first kappa shape index (κ1) is 27.3. The molecule has 1 saturated carbocycles. The van der Waals surface area contributed by atoms with Gasteiger partial charge in [-0.15, -0.1) is 0 Å². The number of carbonyl (C=O) groups is 3. The number of hydrogen-bond acceptors (Lipinski definition) is 7. The summed E-state index contributed by atoms with van der Waals surface area (Å²) in [5.74, 6) is -2.17. The molecular formula is C28H29N5O6. The minimum absolute atomic E-state index is 0.0879. The highest BCUT2D eigenvalue weighted by Crippen LogP contribution is 2.31. The molecule has 4 rings (SSSR count). The SMILES string of the molecule is COc1ccc(-c2ccc(C(=O)NC(CO)C3CCC3)cc2C(=O)O)c(C(=O)Nc2ccc(C(=N)N)cc2)n1. The lowest BCUT2D eigenvalue weighted by Gasteiger charge is -2.33. The van der Waals surface area contributed by atoms with E-state index in [1.807, 2.05) is 0 Å². The number of nitrogens with zero attached hydrogens (tertiary/aromatic N) is 1. The highest BCUT2D eigenvalue weighted by molar-refractivity contribution is 6.10. The summed E-state index contributed by atoms with van der Waals surface area (Å²) in [5.41, 5.74) is 6.62. The van der Waals surface area contributed by atoms with Gasteiger partial charge >= 0.3 is 5.97 Å². The van der Waals surface area contributed by atoms with Crippen molar-refractivity contribution in [3.63, 3.8) is 0 Å². The summed E-state index contributed by atoms with van der Waals surface area (Å²) in [7, 11) is 1.39. The quantitative estimate of drug-likeness (QED) is 0.170. The van der Waals surface area contributed by atoms with Crippen LogP contribution < -0.4 is 21.1 Å². The number of hydrogen-bond donors (Lipinski definition) is 6. The van der Waals surface area contributed by atoms with Crippen molar-refractivity contribution in [1.82, 2.24) is 10.3 Å². The van der Waals surface area contributed by atoms with E-state index >= 15 is 0 Å². The third-order valence-electron chi connectivity index (χ3n) is 6.78. The summed E-state index contributed by atoms with van der Waals surface area (Å²) >= 11 is 0. The summed E-state index contributed by atoms with van der Waals surface area (Å²) < 4.78 is 5.18. The number of carboxylic acids is 1. The number of carbonyl (C=O) groups excluding carboxylic acids is 2. The Morgan fingerprint density at radius 3 is 2.28 bits per heavy atom. The second kappa shape index (κ2) is 11.7. The molecule has 11 heteroatoms. The molecule has 0 saturated heterocycles. The predicted molar refractivity (Wildman–Crippen MR) is 144 cm³/mol. The van der Waals surface area contributed by atoms with Crippen molar-refractivity contribution in [3.05, 3.63) is 77.0 Å². The van der Waals surface area contributed by atoms with Crippen molar-refractivity contribution in [2.24, 2.45) is 11.7 Å². The van der Waals surface area contributed by atoms with Crippen LogP contribution in [0.5, 0.6) is 5.88 Å². The lowest BCUT2D eigenvalue weighted by molar-refractivity contribution is 0.0697. The molecule has 0 spiro atoms. The van der Waals surface area contributed by atoms with Crippen LogP contribution in [0, 0.1) is 11.3 Å². The molecule has 39 heavy (non-hydrogen) atoms. The number of aromatic carboxylic acids is 1. The molecule has 0 aliphatic heterocycles. The van der Waals surface area contributed by atoms with Crippen LogP contribution in [0.2, 0.25) is 0 Å². The average molecular weight is 532 g/mol. The first-order valence-electron chi connectivity index (χ1n) is 12.3. The van der Waals surface area contributed by atoms with Crippen molar-refractivity contribution < 1.29 is 29.3 Å². The third-order valence-corrected chi connectivity index (χ3v) is 6.78. The highest BCUT2D eigenvalue weighted by atomic mass is 16.5. The highest BCUT2D eigenvalue weighted by Gasteiger charge is 2.29. The summed E-state index contributed by atoms with van der Waals surface area (Å²) in [6, 6.07) is 13.1. The van der Waals surface area contributed by atoms with Gasteiger partial charge in [0.25, 0.3) is 11.8 Å². The Hall–Kier alpha value is -4.77. The van der Waals surface area contributed by atoms with Gasteiger partial charge in [0.05, 0.1) is 25.3 Å². The van der Waals surface area contributed by atoms with Crippen molar-refractivity contribution in [1.29, 1.82) is 5.41 Å². The van der Waals surface area contributed by atoms with Gasteiger partial charge in [-0.05, 0) is 66.8 Å². The zero-order chi connectivity index (χ0) is 28.1. The van der Waals surface area contributed by atoms with E-state index in [1.165, 1.54) is 37.4 Å². The van der Waals surface area contributed by atoms with Crippen LogP contribution in [-0.4, -0.2) is 58.6 Å². The zero-order valence-electron chi connectivity index (χ0n) is 21.2. The zero-order valence-corrected chi connectivity index (χ0v) is 21.2. The molecular weight excluding hydrogens is 502 g/mol.